The number of piperidine rings is 1. The Hall–Kier alpha value is -2.81. The third-order valence-corrected chi connectivity index (χ3v) is 6.96. The van der Waals surface area contributed by atoms with Crippen LogP contribution in [0.1, 0.15) is 32.3 Å². The minimum absolute atomic E-state index is 0.162. The number of benzene rings is 2. The Morgan fingerprint density at radius 3 is 2.66 bits per heavy atom. The maximum absolute atomic E-state index is 13.3. The van der Waals surface area contributed by atoms with Crippen molar-refractivity contribution in [3.8, 4) is 17.0 Å². The van der Waals surface area contributed by atoms with E-state index in [2.05, 4.69) is 24.1 Å². The Morgan fingerprint density at radius 2 is 1.97 bits per heavy atom. The summed E-state index contributed by atoms with van der Waals surface area (Å²) in [5.74, 6) is 0.271. The molecule has 4 rings (SSSR count). The van der Waals surface area contributed by atoms with Crippen molar-refractivity contribution in [3.63, 3.8) is 0 Å². The molecule has 3 aromatic rings. The number of nitrogens with one attached hydrogen (secondary N) is 1. The van der Waals surface area contributed by atoms with Crippen LogP contribution in [-0.4, -0.2) is 52.2 Å². The highest BCUT2D eigenvalue weighted by Crippen LogP contribution is 2.32. The van der Waals surface area contributed by atoms with E-state index in [4.69, 9.17) is 4.74 Å². The predicted molar refractivity (Wildman–Crippen MR) is 137 cm³/mol. The Morgan fingerprint density at radius 1 is 1.26 bits per heavy atom. The first-order valence-electron chi connectivity index (χ1n) is 11.9. The second-order valence-corrected chi connectivity index (χ2v) is 10.6. The highest BCUT2D eigenvalue weighted by Gasteiger charge is 2.43. The standard InChI is InChI=1S/C27H32FN3O3S/c1-18(2)14-27(33)12-13-31(15-24(27)34-22-10-8-21(28)9-11-22)16-25(32)30-26-29-23(17-35-26)20-6-4-19(3)5-7-20/h4-11,17-18,24,33H,12-16H2,1-3H3,(H,29,30,32)/t24-,27+/m0/s1. The number of aliphatic hydroxyl groups is 1. The summed E-state index contributed by atoms with van der Waals surface area (Å²) < 4.78 is 19.4. The Kier molecular flexibility index (Phi) is 7.84. The van der Waals surface area contributed by atoms with E-state index < -0.39 is 11.7 Å². The molecule has 0 bridgehead atoms. The van der Waals surface area contributed by atoms with Crippen molar-refractivity contribution < 1.29 is 19.0 Å². The normalized spacial score (nSPS) is 20.7. The number of likely N-dealkylation sites (tertiary alicyclic amines) is 1. The Bertz CT molecular complexity index is 1130. The lowest BCUT2D eigenvalue weighted by atomic mass is 9.81. The van der Waals surface area contributed by atoms with Crippen molar-refractivity contribution in [2.75, 3.05) is 25.0 Å². The van der Waals surface area contributed by atoms with Gasteiger partial charge in [0, 0.05) is 24.0 Å². The van der Waals surface area contributed by atoms with E-state index in [-0.39, 0.29) is 24.2 Å². The van der Waals surface area contributed by atoms with Crippen molar-refractivity contribution in [1.29, 1.82) is 0 Å². The van der Waals surface area contributed by atoms with Gasteiger partial charge in [-0.25, -0.2) is 9.37 Å². The molecule has 1 aliphatic heterocycles. The topological polar surface area (TPSA) is 74.7 Å². The number of rotatable bonds is 8. The average Bonchev–Trinajstić information content (AvgIpc) is 3.26. The van der Waals surface area contributed by atoms with E-state index in [0.717, 1.165) is 11.3 Å². The van der Waals surface area contributed by atoms with Crippen LogP contribution < -0.4 is 10.1 Å². The summed E-state index contributed by atoms with van der Waals surface area (Å²) in [7, 11) is 0. The SMILES string of the molecule is Cc1ccc(-c2csc(NC(=O)CN3CC[C@@](O)(CC(C)C)[C@@H](Oc4ccc(F)cc4)C3)n2)cc1. The fourth-order valence-electron chi connectivity index (χ4n) is 4.47. The molecule has 8 heteroatoms. The third-order valence-electron chi connectivity index (χ3n) is 6.20. The Balaban J connectivity index is 1.39. The van der Waals surface area contributed by atoms with Crippen LogP contribution in [0.15, 0.2) is 53.9 Å². The first kappa shape index (κ1) is 25.3. The molecular formula is C27H32FN3O3S. The van der Waals surface area contributed by atoms with E-state index >= 15 is 0 Å². The van der Waals surface area contributed by atoms with E-state index in [0.29, 0.717) is 36.8 Å². The Labute approximate surface area is 209 Å². The third kappa shape index (κ3) is 6.66. The number of halogens is 1. The maximum atomic E-state index is 13.3. The lowest BCUT2D eigenvalue weighted by Gasteiger charge is -2.44. The number of hydrogen-bond donors (Lipinski definition) is 2. The van der Waals surface area contributed by atoms with Crippen molar-refractivity contribution in [1.82, 2.24) is 9.88 Å². The molecule has 2 heterocycles. The monoisotopic (exact) mass is 497 g/mol. The molecule has 6 nitrogen and oxygen atoms in total. The molecule has 1 fully saturated rings. The van der Waals surface area contributed by atoms with Gasteiger partial charge in [0.15, 0.2) is 5.13 Å². The van der Waals surface area contributed by atoms with Crippen LogP contribution in [0.4, 0.5) is 9.52 Å². The summed E-state index contributed by atoms with van der Waals surface area (Å²) >= 11 is 1.39. The fourth-order valence-corrected chi connectivity index (χ4v) is 5.20. The van der Waals surface area contributed by atoms with Gasteiger partial charge in [0.25, 0.3) is 0 Å². The second-order valence-electron chi connectivity index (χ2n) is 9.70. The predicted octanol–water partition coefficient (Wildman–Crippen LogP) is 5.13. The minimum Gasteiger partial charge on any atom is -0.486 e. The first-order valence-corrected chi connectivity index (χ1v) is 12.8. The number of aryl methyl sites for hydroxylation is 1. The molecule has 0 unspecified atom stereocenters. The number of thiazole rings is 1. The van der Waals surface area contributed by atoms with Crippen molar-refractivity contribution >= 4 is 22.4 Å². The van der Waals surface area contributed by atoms with Crippen molar-refractivity contribution in [2.24, 2.45) is 5.92 Å². The van der Waals surface area contributed by atoms with E-state index in [9.17, 15) is 14.3 Å². The van der Waals surface area contributed by atoms with Crippen LogP contribution in [0.3, 0.4) is 0 Å². The number of carbonyl (C=O) groups excluding carboxylic acids is 1. The van der Waals surface area contributed by atoms with Gasteiger partial charge in [-0.05, 0) is 49.9 Å². The van der Waals surface area contributed by atoms with Gasteiger partial charge in [0.05, 0.1) is 12.2 Å². The highest BCUT2D eigenvalue weighted by molar-refractivity contribution is 7.14. The molecule has 186 valence electrons. The molecular weight excluding hydrogens is 465 g/mol. The second kappa shape index (κ2) is 10.8. The number of nitrogens with zero attached hydrogens (tertiary/aromatic N) is 2. The summed E-state index contributed by atoms with van der Waals surface area (Å²) in [6.07, 6.45) is 0.531. The molecule has 1 aliphatic rings. The largest absolute Gasteiger partial charge is 0.486 e. The van der Waals surface area contributed by atoms with Gasteiger partial charge in [-0.15, -0.1) is 11.3 Å². The smallest absolute Gasteiger partial charge is 0.240 e. The van der Waals surface area contributed by atoms with E-state index in [1.807, 2.05) is 41.5 Å². The van der Waals surface area contributed by atoms with E-state index in [1.54, 1.807) is 12.1 Å². The molecule has 35 heavy (non-hydrogen) atoms. The van der Waals surface area contributed by atoms with Crippen LogP contribution >= 0.6 is 11.3 Å². The van der Waals surface area contributed by atoms with Gasteiger partial charge < -0.3 is 15.2 Å². The zero-order valence-electron chi connectivity index (χ0n) is 20.3. The van der Waals surface area contributed by atoms with E-state index in [1.165, 1.54) is 29.0 Å². The minimum atomic E-state index is -1.02. The number of ether oxygens (including phenoxy) is 1. The molecule has 0 saturated carbocycles. The van der Waals surface area contributed by atoms with Crippen molar-refractivity contribution in [3.05, 3.63) is 65.3 Å². The van der Waals surface area contributed by atoms with Gasteiger partial charge in [-0.3, -0.25) is 9.69 Å². The summed E-state index contributed by atoms with van der Waals surface area (Å²) in [4.78, 5) is 19.3. The van der Waals surface area contributed by atoms with Crippen molar-refractivity contribution in [2.45, 2.75) is 45.3 Å². The van der Waals surface area contributed by atoms with Crippen LogP contribution in [-0.2, 0) is 4.79 Å². The molecule has 2 atom stereocenters. The maximum Gasteiger partial charge on any atom is 0.240 e. The number of aromatic nitrogens is 1. The molecule has 0 spiro atoms. The van der Waals surface area contributed by atoms with Gasteiger partial charge in [0.1, 0.15) is 23.3 Å². The number of amides is 1. The lowest BCUT2D eigenvalue weighted by molar-refractivity contribution is -0.129. The van der Waals surface area contributed by atoms with Crippen LogP contribution in [0.5, 0.6) is 5.75 Å². The average molecular weight is 498 g/mol. The van der Waals surface area contributed by atoms with Gasteiger partial charge >= 0.3 is 0 Å². The number of anilines is 1. The fraction of sp³-hybridized carbons (Fsp3) is 0.407. The van der Waals surface area contributed by atoms with Gasteiger partial charge in [0.2, 0.25) is 5.91 Å². The van der Waals surface area contributed by atoms with Crippen LogP contribution in [0.25, 0.3) is 11.3 Å². The number of hydrogen-bond acceptors (Lipinski definition) is 6. The number of carbonyl (C=O) groups is 1. The van der Waals surface area contributed by atoms with Gasteiger partial charge in [-0.2, -0.15) is 0 Å². The molecule has 1 amide bonds. The molecule has 2 N–H and O–H groups in total. The van der Waals surface area contributed by atoms with Crippen LogP contribution in [0.2, 0.25) is 0 Å². The molecule has 2 aromatic carbocycles. The molecule has 0 aliphatic carbocycles. The lowest BCUT2D eigenvalue weighted by Crippen LogP contribution is -2.59. The summed E-state index contributed by atoms with van der Waals surface area (Å²) in [5.41, 5.74) is 2.00. The zero-order chi connectivity index (χ0) is 25.0. The molecule has 0 radical (unpaired) electrons. The van der Waals surface area contributed by atoms with Gasteiger partial charge in [-0.1, -0.05) is 43.7 Å². The zero-order valence-corrected chi connectivity index (χ0v) is 21.1. The summed E-state index contributed by atoms with van der Waals surface area (Å²) in [5, 5.41) is 16.8. The van der Waals surface area contributed by atoms with Crippen LogP contribution in [0, 0.1) is 18.7 Å². The summed E-state index contributed by atoms with van der Waals surface area (Å²) in [6.45, 7) is 7.29. The highest BCUT2D eigenvalue weighted by atomic mass is 32.1. The quantitative estimate of drug-likeness (QED) is 0.452. The molecule has 1 saturated heterocycles. The molecule has 1 aromatic heterocycles. The summed E-state index contributed by atoms with van der Waals surface area (Å²) in [6, 6.07) is 13.9. The first-order chi connectivity index (χ1) is 16.7.